The van der Waals surface area contributed by atoms with Crippen molar-refractivity contribution in [1.29, 1.82) is 0 Å². The van der Waals surface area contributed by atoms with Gasteiger partial charge in [-0.05, 0) is 40.7 Å². The smallest absolute Gasteiger partial charge is 0.317 e. The summed E-state index contributed by atoms with van der Waals surface area (Å²) in [6.45, 7) is 5.48. The van der Waals surface area contributed by atoms with Gasteiger partial charge in [-0.1, -0.05) is 32.0 Å². The minimum atomic E-state index is -0.0772. The molecule has 1 heterocycles. The Morgan fingerprint density at radius 1 is 1.35 bits per heavy atom. The molecular weight excluding hydrogens is 308 g/mol. The molecule has 2 N–H and O–H groups in total. The second-order valence-electron chi connectivity index (χ2n) is 6.77. The van der Waals surface area contributed by atoms with E-state index in [4.69, 9.17) is 0 Å². The van der Waals surface area contributed by atoms with E-state index in [-0.39, 0.29) is 18.1 Å². The Morgan fingerprint density at radius 3 is 2.83 bits per heavy atom. The molecule has 4 nitrogen and oxygen atoms in total. The highest BCUT2D eigenvalue weighted by Crippen LogP contribution is 2.26. The van der Waals surface area contributed by atoms with Crippen molar-refractivity contribution in [1.82, 2.24) is 10.2 Å². The van der Waals surface area contributed by atoms with E-state index in [0.29, 0.717) is 13.1 Å². The van der Waals surface area contributed by atoms with E-state index >= 15 is 0 Å². The van der Waals surface area contributed by atoms with Crippen LogP contribution in [0, 0.1) is 5.41 Å². The molecule has 126 valence electrons. The minimum Gasteiger partial charge on any atom is -0.396 e. The summed E-state index contributed by atoms with van der Waals surface area (Å²) in [4.78, 5) is 13.9. The molecule has 0 unspecified atom stereocenters. The summed E-state index contributed by atoms with van der Waals surface area (Å²) in [6, 6.07) is 8.22. The predicted octanol–water partition coefficient (Wildman–Crippen LogP) is 3.84. The van der Waals surface area contributed by atoms with Crippen LogP contribution in [0.5, 0.6) is 0 Å². The number of aliphatic hydroxyl groups is 1. The quantitative estimate of drug-likeness (QED) is 0.756. The maximum atomic E-state index is 12.2. The summed E-state index contributed by atoms with van der Waals surface area (Å²) in [5.74, 6) is 0. The van der Waals surface area contributed by atoms with Crippen LogP contribution in [0.15, 0.2) is 29.6 Å². The van der Waals surface area contributed by atoms with Gasteiger partial charge in [0.2, 0.25) is 0 Å². The molecular formula is C18H26N2O2S. The monoisotopic (exact) mass is 334 g/mol. The van der Waals surface area contributed by atoms with E-state index in [0.717, 1.165) is 12.8 Å². The van der Waals surface area contributed by atoms with Gasteiger partial charge in [0, 0.05) is 31.4 Å². The van der Waals surface area contributed by atoms with Crippen LogP contribution in [0.1, 0.15) is 32.3 Å². The molecule has 0 saturated carbocycles. The molecule has 0 aliphatic heterocycles. The van der Waals surface area contributed by atoms with E-state index in [9.17, 15) is 9.90 Å². The number of hydrogen-bond donors (Lipinski definition) is 2. The highest BCUT2D eigenvalue weighted by atomic mass is 32.1. The van der Waals surface area contributed by atoms with E-state index in [1.54, 1.807) is 16.2 Å². The van der Waals surface area contributed by atoms with Crippen molar-refractivity contribution in [2.45, 2.75) is 33.2 Å². The molecule has 0 bridgehead atoms. The van der Waals surface area contributed by atoms with Crippen molar-refractivity contribution in [3.05, 3.63) is 35.2 Å². The molecule has 2 aromatic rings. The first-order valence-electron chi connectivity index (χ1n) is 7.98. The zero-order valence-electron chi connectivity index (χ0n) is 14.1. The Bertz CT molecular complexity index is 651. The van der Waals surface area contributed by atoms with Crippen LogP contribution in [0.4, 0.5) is 4.79 Å². The molecule has 2 amide bonds. The molecule has 2 rings (SSSR count). The number of hydrogen-bond acceptors (Lipinski definition) is 3. The zero-order valence-corrected chi connectivity index (χ0v) is 14.9. The van der Waals surface area contributed by atoms with Gasteiger partial charge in [-0.2, -0.15) is 0 Å². The van der Waals surface area contributed by atoms with E-state index in [2.05, 4.69) is 22.8 Å². The van der Waals surface area contributed by atoms with Crippen LogP contribution < -0.4 is 5.32 Å². The van der Waals surface area contributed by atoms with Crippen LogP contribution in [0.3, 0.4) is 0 Å². The lowest BCUT2D eigenvalue weighted by atomic mass is 9.89. The van der Waals surface area contributed by atoms with Crippen molar-refractivity contribution < 1.29 is 9.90 Å². The van der Waals surface area contributed by atoms with Gasteiger partial charge in [0.1, 0.15) is 0 Å². The molecule has 23 heavy (non-hydrogen) atoms. The Morgan fingerprint density at radius 2 is 2.09 bits per heavy atom. The van der Waals surface area contributed by atoms with Gasteiger partial charge in [0.15, 0.2) is 0 Å². The third-order valence-electron chi connectivity index (χ3n) is 4.05. The number of rotatable bonds is 7. The topological polar surface area (TPSA) is 52.6 Å². The third-order valence-corrected chi connectivity index (χ3v) is 5.06. The van der Waals surface area contributed by atoms with Crippen molar-refractivity contribution in [2.75, 3.05) is 20.2 Å². The number of thiophene rings is 1. The minimum absolute atomic E-state index is 0.0536. The number of benzene rings is 1. The molecule has 0 saturated heterocycles. The molecule has 0 aliphatic rings. The Hall–Kier alpha value is -1.59. The standard InChI is InChI=1S/C18H26N2O2S/c1-18(2,13-21)9-6-10-19-17(22)20(3)11-14-12-23-16-8-5-4-7-15(14)16/h4-5,7-8,12,21H,6,9-11,13H2,1-3H3,(H,19,22). The average Bonchev–Trinajstić information content (AvgIpc) is 2.94. The van der Waals surface area contributed by atoms with Crippen LogP contribution >= 0.6 is 11.3 Å². The first-order chi connectivity index (χ1) is 10.9. The van der Waals surface area contributed by atoms with Crippen molar-refractivity contribution >= 4 is 27.5 Å². The van der Waals surface area contributed by atoms with Gasteiger partial charge in [0.05, 0.1) is 0 Å². The summed E-state index contributed by atoms with van der Waals surface area (Å²) in [5, 5.41) is 15.5. The Labute approximate surface area is 142 Å². The summed E-state index contributed by atoms with van der Waals surface area (Å²) >= 11 is 1.71. The van der Waals surface area contributed by atoms with E-state index < -0.39 is 0 Å². The number of aliphatic hydroxyl groups excluding tert-OH is 1. The second-order valence-corrected chi connectivity index (χ2v) is 7.68. The van der Waals surface area contributed by atoms with Gasteiger partial charge < -0.3 is 15.3 Å². The average molecular weight is 334 g/mol. The van der Waals surface area contributed by atoms with Crippen LogP contribution in [-0.4, -0.2) is 36.2 Å². The number of nitrogens with one attached hydrogen (secondary N) is 1. The van der Waals surface area contributed by atoms with Crippen LogP contribution in [0.2, 0.25) is 0 Å². The van der Waals surface area contributed by atoms with Crippen molar-refractivity contribution in [2.24, 2.45) is 5.41 Å². The fraction of sp³-hybridized carbons (Fsp3) is 0.500. The number of nitrogens with zero attached hydrogens (tertiary/aromatic N) is 1. The first kappa shape index (κ1) is 17.8. The maximum absolute atomic E-state index is 12.2. The lowest BCUT2D eigenvalue weighted by Gasteiger charge is -2.22. The van der Waals surface area contributed by atoms with Gasteiger partial charge in [-0.15, -0.1) is 11.3 Å². The molecule has 0 aliphatic carbocycles. The molecule has 5 heteroatoms. The first-order valence-corrected chi connectivity index (χ1v) is 8.86. The van der Waals surface area contributed by atoms with Crippen LogP contribution in [-0.2, 0) is 6.54 Å². The number of carbonyl (C=O) groups is 1. The zero-order chi connectivity index (χ0) is 16.9. The molecule has 1 aromatic carbocycles. The van der Waals surface area contributed by atoms with E-state index in [1.165, 1.54) is 15.6 Å². The third kappa shape index (κ3) is 4.94. The van der Waals surface area contributed by atoms with Crippen molar-refractivity contribution in [3.8, 4) is 0 Å². The molecule has 1 aromatic heterocycles. The normalized spacial score (nSPS) is 11.7. The maximum Gasteiger partial charge on any atom is 0.317 e. The second kappa shape index (κ2) is 7.79. The number of urea groups is 1. The Kier molecular flexibility index (Phi) is 6.02. The van der Waals surface area contributed by atoms with Gasteiger partial charge in [0.25, 0.3) is 0 Å². The fourth-order valence-corrected chi connectivity index (χ4v) is 3.41. The molecule has 0 fully saturated rings. The largest absolute Gasteiger partial charge is 0.396 e. The number of fused-ring (bicyclic) bond motifs is 1. The van der Waals surface area contributed by atoms with Crippen molar-refractivity contribution in [3.63, 3.8) is 0 Å². The lowest BCUT2D eigenvalue weighted by Crippen LogP contribution is -2.37. The molecule has 0 spiro atoms. The predicted molar refractivity (Wildman–Crippen MR) is 96.8 cm³/mol. The molecule has 0 atom stereocenters. The summed E-state index contributed by atoms with van der Waals surface area (Å²) < 4.78 is 1.25. The van der Waals surface area contributed by atoms with Gasteiger partial charge >= 0.3 is 6.03 Å². The summed E-state index contributed by atoms with van der Waals surface area (Å²) in [5.41, 5.74) is 1.11. The number of amides is 2. The lowest BCUT2D eigenvalue weighted by molar-refractivity contribution is 0.147. The van der Waals surface area contributed by atoms with Gasteiger partial charge in [-0.3, -0.25) is 0 Å². The SMILES string of the molecule is CN(Cc1csc2ccccc12)C(=O)NCCCC(C)(C)CO. The van der Waals surface area contributed by atoms with Gasteiger partial charge in [-0.25, -0.2) is 4.79 Å². The Balaban J connectivity index is 1.81. The highest BCUT2D eigenvalue weighted by molar-refractivity contribution is 7.17. The van der Waals surface area contributed by atoms with E-state index in [1.807, 2.05) is 33.0 Å². The van der Waals surface area contributed by atoms with Crippen LogP contribution in [0.25, 0.3) is 10.1 Å². The summed E-state index contributed by atoms with van der Waals surface area (Å²) in [6.07, 6.45) is 1.76. The number of carbonyl (C=O) groups excluding carboxylic acids is 1. The fourth-order valence-electron chi connectivity index (χ4n) is 2.46. The molecule has 0 radical (unpaired) electrons. The highest BCUT2D eigenvalue weighted by Gasteiger charge is 2.16. The summed E-state index contributed by atoms with van der Waals surface area (Å²) in [7, 11) is 1.82.